The van der Waals surface area contributed by atoms with Gasteiger partial charge in [0.2, 0.25) is 5.91 Å². The van der Waals surface area contributed by atoms with Gasteiger partial charge in [-0.05, 0) is 62.9 Å². The van der Waals surface area contributed by atoms with Gasteiger partial charge in [0.25, 0.3) is 0 Å². The first-order valence-corrected chi connectivity index (χ1v) is 17.6. The van der Waals surface area contributed by atoms with E-state index in [2.05, 4.69) is 26.8 Å². The van der Waals surface area contributed by atoms with Gasteiger partial charge < -0.3 is 24.8 Å². The van der Waals surface area contributed by atoms with Gasteiger partial charge in [-0.25, -0.2) is 9.59 Å². The number of carboxylic acid groups (broad SMARTS) is 1. The molecule has 2 N–H and O–H groups in total. The summed E-state index contributed by atoms with van der Waals surface area (Å²) < 4.78 is 1.71. The molecule has 2 aromatic carbocycles. The van der Waals surface area contributed by atoms with Gasteiger partial charge in [-0.3, -0.25) is 19.2 Å². The zero-order chi connectivity index (χ0) is 33.5. The Morgan fingerprint density at radius 2 is 1.69 bits per heavy atom. The number of likely N-dealkylation sites (N-methyl/N-ethyl adjacent to an activating group) is 1. The maximum absolute atomic E-state index is 14.6. The van der Waals surface area contributed by atoms with Crippen LogP contribution in [0.1, 0.15) is 37.3 Å². The number of halogens is 2. The molecule has 3 saturated heterocycles. The lowest BCUT2D eigenvalue weighted by atomic mass is 9.82. The summed E-state index contributed by atoms with van der Waals surface area (Å²) in [7, 11) is 2.15. The number of piperazine rings is 1. The predicted octanol–water partition coefficient (Wildman–Crippen LogP) is 4.97. The molecule has 11 nitrogen and oxygen atoms in total. The molecule has 4 aromatic rings. The Morgan fingerprint density at radius 3 is 2.42 bits per heavy atom. The fourth-order valence-corrected chi connectivity index (χ4v) is 8.42. The van der Waals surface area contributed by atoms with Crippen LogP contribution < -0.4 is 5.69 Å². The van der Waals surface area contributed by atoms with Gasteiger partial charge in [0.15, 0.2) is 0 Å². The van der Waals surface area contributed by atoms with Crippen molar-refractivity contribution in [3.63, 3.8) is 0 Å². The molecule has 2 amide bonds. The van der Waals surface area contributed by atoms with Crippen LogP contribution in [0.25, 0.3) is 21.9 Å². The molecule has 0 aliphatic carbocycles. The van der Waals surface area contributed by atoms with E-state index in [0.717, 1.165) is 55.5 Å². The van der Waals surface area contributed by atoms with Crippen LogP contribution in [0.4, 0.5) is 4.79 Å². The molecule has 0 spiro atoms. The van der Waals surface area contributed by atoms with Crippen LogP contribution >= 0.6 is 23.2 Å². The number of nitrogens with zero attached hydrogens (tertiary/aromatic N) is 6. The van der Waals surface area contributed by atoms with Crippen LogP contribution in [0.15, 0.2) is 53.5 Å². The second-order valence-electron chi connectivity index (χ2n) is 13.5. The van der Waals surface area contributed by atoms with Crippen molar-refractivity contribution in [1.29, 1.82) is 0 Å². The molecule has 3 aliphatic heterocycles. The standard InChI is InChI=1S/C35H41Cl2N7O4/c1-40-14-16-41(17-15-40)23-8-11-42(12-9-23)33(45)26(18-22-6-7-27(36)28(37)19-22)30-20-24(10-13-43(30)35(47)48)44-31-21-38-29-5-3-2-4-25(29)32(31)39-34(44)46/h2-7,19,21,23-24,26,30H,8-18,20H2,1H3,(H,39,46)(H,47,48)/t24?,26?,30-/m1/s1. The van der Waals surface area contributed by atoms with Crippen LogP contribution in [0, 0.1) is 5.92 Å². The Labute approximate surface area is 289 Å². The van der Waals surface area contributed by atoms with Crippen LogP contribution in [-0.4, -0.2) is 116 Å². The average Bonchev–Trinajstić information content (AvgIpc) is 3.44. The van der Waals surface area contributed by atoms with Crippen molar-refractivity contribution in [2.45, 2.75) is 50.2 Å². The van der Waals surface area contributed by atoms with E-state index in [9.17, 15) is 19.5 Å². The first-order chi connectivity index (χ1) is 23.2. The zero-order valence-electron chi connectivity index (χ0n) is 27.0. The molecule has 254 valence electrons. The third-order valence-electron chi connectivity index (χ3n) is 10.7. The summed E-state index contributed by atoms with van der Waals surface area (Å²) in [6.45, 7) is 5.60. The molecule has 5 heterocycles. The lowest BCUT2D eigenvalue weighted by Crippen LogP contribution is -2.57. The first-order valence-electron chi connectivity index (χ1n) is 16.8. The summed E-state index contributed by atoms with van der Waals surface area (Å²) in [4.78, 5) is 56.7. The lowest BCUT2D eigenvalue weighted by molar-refractivity contribution is -0.140. The van der Waals surface area contributed by atoms with Crippen molar-refractivity contribution in [3.05, 3.63) is 74.8 Å². The molecule has 3 aliphatic rings. The molecule has 0 saturated carbocycles. The van der Waals surface area contributed by atoms with Crippen LogP contribution in [0.5, 0.6) is 0 Å². The number of hydrogen-bond acceptors (Lipinski definition) is 6. The molecule has 2 aromatic heterocycles. The Balaban J connectivity index is 1.20. The van der Waals surface area contributed by atoms with E-state index >= 15 is 0 Å². The molecular formula is C35H41Cl2N7O4. The maximum Gasteiger partial charge on any atom is 0.407 e. The van der Waals surface area contributed by atoms with Gasteiger partial charge in [-0.15, -0.1) is 0 Å². The number of carbonyl (C=O) groups excluding carboxylic acids is 1. The van der Waals surface area contributed by atoms with E-state index in [4.69, 9.17) is 23.2 Å². The molecule has 3 fully saturated rings. The van der Waals surface area contributed by atoms with Crippen molar-refractivity contribution in [2.75, 3.05) is 52.9 Å². The van der Waals surface area contributed by atoms with Gasteiger partial charge in [-0.2, -0.15) is 0 Å². The highest BCUT2D eigenvalue weighted by Crippen LogP contribution is 2.36. The number of carbonyl (C=O) groups is 2. The Hall–Kier alpha value is -3.64. The number of piperidine rings is 2. The van der Waals surface area contributed by atoms with Gasteiger partial charge >= 0.3 is 11.8 Å². The summed E-state index contributed by atoms with van der Waals surface area (Å²) in [5.74, 6) is -0.741. The fourth-order valence-electron chi connectivity index (χ4n) is 8.10. The van der Waals surface area contributed by atoms with Crippen molar-refractivity contribution in [3.8, 4) is 0 Å². The van der Waals surface area contributed by atoms with E-state index in [0.29, 0.717) is 59.5 Å². The number of hydrogen-bond donors (Lipinski definition) is 2. The summed E-state index contributed by atoms with van der Waals surface area (Å²) >= 11 is 12.6. The number of aromatic nitrogens is 3. The van der Waals surface area contributed by atoms with Crippen molar-refractivity contribution >= 4 is 57.1 Å². The highest BCUT2D eigenvalue weighted by molar-refractivity contribution is 6.42. The van der Waals surface area contributed by atoms with Gasteiger partial charge in [-0.1, -0.05) is 47.5 Å². The average molecular weight is 695 g/mol. The third kappa shape index (κ3) is 6.41. The number of H-pyrrole nitrogens is 1. The maximum atomic E-state index is 14.6. The van der Waals surface area contributed by atoms with Gasteiger partial charge in [0.1, 0.15) is 0 Å². The topological polar surface area (TPSA) is 118 Å². The van der Waals surface area contributed by atoms with Crippen LogP contribution in [0.3, 0.4) is 0 Å². The number of pyridine rings is 1. The van der Waals surface area contributed by atoms with Crippen molar-refractivity contribution in [1.82, 2.24) is 34.1 Å². The number of fused-ring (bicyclic) bond motifs is 3. The molecule has 48 heavy (non-hydrogen) atoms. The molecule has 2 unspecified atom stereocenters. The minimum Gasteiger partial charge on any atom is -0.465 e. The molecule has 0 radical (unpaired) electrons. The monoisotopic (exact) mass is 693 g/mol. The van der Waals surface area contributed by atoms with Crippen LogP contribution in [-0.2, 0) is 11.2 Å². The number of rotatable bonds is 6. The number of amides is 2. The quantitative estimate of drug-likeness (QED) is 0.293. The smallest absolute Gasteiger partial charge is 0.407 e. The highest BCUT2D eigenvalue weighted by Gasteiger charge is 2.43. The van der Waals surface area contributed by atoms with Crippen molar-refractivity contribution < 1.29 is 14.7 Å². The molecule has 3 atom stereocenters. The van der Waals surface area contributed by atoms with E-state index < -0.39 is 18.1 Å². The number of aromatic amines is 1. The van der Waals surface area contributed by atoms with Gasteiger partial charge in [0.05, 0.1) is 38.7 Å². The number of likely N-dealkylation sites (tertiary alicyclic amines) is 2. The Bertz CT molecular complexity index is 1880. The molecular weight excluding hydrogens is 653 g/mol. The number of benzene rings is 2. The first kappa shape index (κ1) is 32.9. The molecule has 7 rings (SSSR count). The van der Waals surface area contributed by atoms with E-state index in [1.807, 2.05) is 35.2 Å². The van der Waals surface area contributed by atoms with Crippen LogP contribution in [0.2, 0.25) is 10.0 Å². The number of para-hydroxylation sites is 1. The fraction of sp³-hybridized carbons (Fsp3) is 0.486. The minimum absolute atomic E-state index is 0.0614. The second-order valence-corrected chi connectivity index (χ2v) is 14.3. The van der Waals surface area contributed by atoms with Gasteiger partial charge in [0, 0.05) is 69.3 Å². The Morgan fingerprint density at radius 1 is 0.958 bits per heavy atom. The minimum atomic E-state index is -1.07. The lowest BCUT2D eigenvalue weighted by Gasteiger charge is -2.45. The second kappa shape index (κ2) is 13.7. The van der Waals surface area contributed by atoms with Crippen molar-refractivity contribution in [2.24, 2.45) is 5.92 Å². The largest absolute Gasteiger partial charge is 0.465 e. The SMILES string of the molecule is CN1CCN(C2CCN(C(=O)C(Cc3ccc(Cl)c(Cl)c3)[C@H]3CC(n4c(=O)[nH]c5c6ccccc6ncc54)CCN3C(=O)O)CC2)CC1. The summed E-state index contributed by atoms with van der Waals surface area (Å²) in [6.07, 6.45) is 3.45. The predicted molar refractivity (Wildman–Crippen MR) is 187 cm³/mol. The molecule has 13 heteroatoms. The molecule has 0 bridgehead atoms. The third-order valence-corrected chi connectivity index (χ3v) is 11.5. The Kier molecular flexibility index (Phi) is 9.39. The van der Waals surface area contributed by atoms with E-state index in [-0.39, 0.29) is 24.2 Å². The highest BCUT2D eigenvalue weighted by atomic mass is 35.5. The number of nitrogens with one attached hydrogen (secondary N) is 1. The zero-order valence-corrected chi connectivity index (χ0v) is 28.5. The summed E-state index contributed by atoms with van der Waals surface area (Å²) in [5, 5.41) is 12.1. The summed E-state index contributed by atoms with van der Waals surface area (Å²) in [6, 6.07) is 12.4. The normalized spacial score (nSPS) is 22.4. The summed E-state index contributed by atoms with van der Waals surface area (Å²) in [5.41, 5.74) is 2.69. The number of imidazole rings is 1. The van der Waals surface area contributed by atoms with E-state index in [1.165, 1.54) is 4.90 Å². The van der Waals surface area contributed by atoms with E-state index in [1.54, 1.807) is 22.9 Å².